The molecule has 2 aromatic rings. The van der Waals surface area contributed by atoms with Gasteiger partial charge in [0.25, 0.3) is 11.6 Å². The van der Waals surface area contributed by atoms with Gasteiger partial charge < -0.3 is 9.52 Å². The van der Waals surface area contributed by atoms with Gasteiger partial charge in [0.05, 0.1) is 4.92 Å². The summed E-state index contributed by atoms with van der Waals surface area (Å²) in [4.78, 5) is 20.4. The van der Waals surface area contributed by atoms with Gasteiger partial charge in [0.2, 0.25) is 5.89 Å². The van der Waals surface area contributed by atoms with E-state index in [2.05, 4.69) is 10.2 Å². The summed E-state index contributed by atoms with van der Waals surface area (Å²) in [7, 11) is 0. The summed E-state index contributed by atoms with van der Waals surface area (Å²) in [5.41, 5.74) is -0.582. The van der Waals surface area contributed by atoms with E-state index in [1.807, 2.05) is 0 Å². The lowest BCUT2D eigenvalue weighted by Crippen LogP contribution is -1.93. The van der Waals surface area contributed by atoms with Crippen LogP contribution in [0.5, 0.6) is 0 Å². The van der Waals surface area contributed by atoms with Gasteiger partial charge in [-0.25, -0.2) is 9.18 Å². The molecular weight excluding hydrogens is 273 g/mol. The summed E-state index contributed by atoms with van der Waals surface area (Å²) in [6.07, 6.45) is 1.78. The highest BCUT2D eigenvalue weighted by atomic mass is 19.1. The predicted molar refractivity (Wildman–Crippen MR) is 63.0 cm³/mol. The molecule has 102 valence electrons. The van der Waals surface area contributed by atoms with Crippen LogP contribution in [0.3, 0.4) is 0 Å². The van der Waals surface area contributed by atoms with E-state index >= 15 is 0 Å². The van der Waals surface area contributed by atoms with E-state index in [1.54, 1.807) is 0 Å². The summed E-state index contributed by atoms with van der Waals surface area (Å²) in [5, 5.41) is 26.3. The number of hydrogen-bond acceptors (Lipinski definition) is 6. The fourth-order valence-electron chi connectivity index (χ4n) is 1.39. The second-order valence-corrected chi connectivity index (χ2v) is 3.54. The van der Waals surface area contributed by atoms with Crippen molar-refractivity contribution < 1.29 is 23.6 Å². The van der Waals surface area contributed by atoms with Gasteiger partial charge in [-0.2, -0.15) is 0 Å². The lowest BCUT2D eigenvalue weighted by molar-refractivity contribution is -0.384. The van der Waals surface area contributed by atoms with Crippen LogP contribution in [-0.2, 0) is 4.79 Å². The zero-order chi connectivity index (χ0) is 14.7. The number of carboxylic acid groups (broad SMARTS) is 1. The second kappa shape index (κ2) is 5.26. The molecule has 0 amide bonds. The molecule has 0 aliphatic heterocycles. The molecule has 2 rings (SSSR count). The number of rotatable bonds is 4. The summed E-state index contributed by atoms with van der Waals surface area (Å²) in [5.74, 6) is -2.37. The molecule has 0 saturated carbocycles. The first-order valence-corrected chi connectivity index (χ1v) is 5.16. The molecule has 0 fully saturated rings. The Kier molecular flexibility index (Phi) is 3.51. The van der Waals surface area contributed by atoms with Crippen molar-refractivity contribution in [2.75, 3.05) is 0 Å². The number of carbonyl (C=O) groups is 1. The lowest BCUT2D eigenvalue weighted by atomic mass is 10.2. The van der Waals surface area contributed by atoms with Crippen LogP contribution in [0, 0.1) is 15.9 Å². The van der Waals surface area contributed by atoms with Crippen LogP contribution < -0.4 is 0 Å². The summed E-state index contributed by atoms with van der Waals surface area (Å²) in [6, 6.07) is 2.79. The smallest absolute Gasteiger partial charge is 0.328 e. The Morgan fingerprint density at radius 3 is 2.85 bits per heavy atom. The molecular formula is C11H6FN3O5. The first-order chi connectivity index (χ1) is 9.47. The number of aromatic nitrogens is 2. The van der Waals surface area contributed by atoms with E-state index in [9.17, 15) is 19.3 Å². The Morgan fingerprint density at radius 1 is 1.45 bits per heavy atom. The molecule has 20 heavy (non-hydrogen) atoms. The van der Waals surface area contributed by atoms with Gasteiger partial charge in [-0.1, -0.05) is 0 Å². The van der Waals surface area contributed by atoms with Crippen molar-refractivity contribution in [1.82, 2.24) is 10.2 Å². The largest absolute Gasteiger partial charge is 0.478 e. The molecule has 0 unspecified atom stereocenters. The summed E-state index contributed by atoms with van der Waals surface area (Å²) >= 11 is 0. The Hall–Kier alpha value is -3.10. The van der Waals surface area contributed by atoms with Crippen molar-refractivity contribution >= 4 is 17.7 Å². The zero-order valence-electron chi connectivity index (χ0n) is 9.69. The number of hydrogen-bond donors (Lipinski definition) is 1. The maximum Gasteiger partial charge on any atom is 0.328 e. The van der Waals surface area contributed by atoms with Crippen molar-refractivity contribution in [3.8, 4) is 11.5 Å². The molecule has 0 spiro atoms. The third-order valence-corrected chi connectivity index (χ3v) is 2.19. The molecule has 0 radical (unpaired) electrons. The van der Waals surface area contributed by atoms with Crippen molar-refractivity contribution in [3.63, 3.8) is 0 Å². The van der Waals surface area contributed by atoms with Crippen molar-refractivity contribution in [3.05, 3.63) is 46.1 Å². The molecule has 0 bridgehead atoms. The van der Waals surface area contributed by atoms with E-state index in [4.69, 9.17) is 9.52 Å². The molecule has 1 aromatic heterocycles. The Labute approximate surface area is 110 Å². The number of nitro groups is 1. The van der Waals surface area contributed by atoms with E-state index in [0.717, 1.165) is 30.4 Å². The average Bonchev–Trinajstić information content (AvgIpc) is 2.84. The molecule has 1 N–H and O–H groups in total. The minimum Gasteiger partial charge on any atom is -0.478 e. The molecule has 0 atom stereocenters. The number of carboxylic acids is 1. The topological polar surface area (TPSA) is 119 Å². The predicted octanol–water partition coefficient (Wildman–Crippen LogP) is 1.88. The maximum atomic E-state index is 13.2. The number of nitrogens with zero attached hydrogens (tertiary/aromatic N) is 3. The van der Waals surface area contributed by atoms with Crippen LogP contribution in [0.4, 0.5) is 10.1 Å². The van der Waals surface area contributed by atoms with Gasteiger partial charge in [0.1, 0.15) is 11.4 Å². The highest BCUT2D eigenvalue weighted by Crippen LogP contribution is 2.29. The molecule has 9 heteroatoms. The fourth-order valence-corrected chi connectivity index (χ4v) is 1.39. The highest BCUT2D eigenvalue weighted by molar-refractivity contribution is 5.84. The minimum absolute atomic E-state index is 0.166. The SMILES string of the molecule is O=C(O)/C=C/c1nnc(-c2cc(F)ccc2[N+](=O)[O-])o1. The van der Waals surface area contributed by atoms with Crippen molar-refractivity contribution in [1.29, 1.82) is 0 Å². The second-order valence-electron chi connectivity index (χ2n) is 3.54. The van der Waals surface area contributed by atoms with Crippen molar-refractivity contribution in [2.24, 2.45) is 0 Å². The van der Waals surface area contributed by atoms with E-state index < -0.39 is 22.4 Å². The van der Waals surface area contributed by atoms with Gasteiger partial charge >= 0.3 is 5.97 Å². The normalized spacial score (nSPS) is 10.8. The number of nitro benzene ring substituents is 1. The minimum atomic E-state index is -1.22. The third-order valence-electron chi connectivity index (χ3n) is 2.19. The van der Waals surface area contributed by atoms with Gasteiger partial charge in [-0.15, -0.1) is 10.2 Å². The van der Waals surface area contributed by atoms with Crippen LogP contribution in [0.2, 0.25) is 0 Å². The Bertz CT molecular complexity index is 710. The van der Waals surface area contributed by atoms with Crippen LogP contribution in [0.25, 0.3) is 17.5 Å². The van der Waals surface area contributed by atoms with Crippen LogP contribution in [0.1, 0.15) is 5.89 Å². The Morgan fingerprint density at radius 2 is 2.20 bits per heavy atom. The summed E-state index contributed by atoms with van der Waals surface area (Å²) in [6.45, 7) is 0. The van der Waals surface area contributed by atoms with E-state index in [0.29, 0.717) is 0 Å². The Balaban J connectivity index is 2.44. The van der Waals surface area contributed by atoms with Gasteiger partial charge in [-0.05, 0) is 12.1 Å². The monoisotopic (exact) mass is 279 g/mol. The van der Waals surface area contributed by atoms with Crippen LogP contribution in [0.15, 0.2) is 28.7 Å². The first kappa shape index (κ1) is 13.3. The number of halogens is 1. The molecule has 0 aliphatic carbocycles. The molecule has 1 aromatic carbocycles. The summed E-state index contributed by atoms with van der Waals surface area (Å²) < 4.78 is 18.2. The van der Waals surface area contributed by atoms with Crippen LogP contribution in [-0.4, -0.2) is 26.2 Å². The zero-order valence-corrected chi connectivity index (χ0v) is 9.69. The third kappa shape index (κ3) is 2.83. The van der Waals surface area contributed by atoms with E-state index in [1.165, 1.54) is 0 Å². The fraction of sp³-hybridized carbons (Fsp3) is 0. The van der Waals surface area contributed by atoms with Crippen LogP contribution >= 0.6 is 0 Å². The first-order valence-electron chi connectivity index (χ1n) is 5.16. The van der Waals surface area contributed by atoms with Gasteiger partial charge in [-0.3, -0.25) is 10.1 Å². The lowest BCUT2D eigenvalue weighted by Gasteiger charge is -1.97. The standard InChI is InChI=1S/C11H6FN3O5/c12-6-1-2-8(15(18)19)7(5-6)11-14-13-9(20-11)3-4-10(16)17/h1-5H,(H,16,17)/b4-3+. The maximum absolute atomic E-state index is 13.2. The quantitative estimate of drug-likeness (QED) is 0.515. The van der Waals surface area contributed by atoms with Gasteiger partial charge in [0, 0.05) is 18.2 Å². The molecule has 1 heterocycles. The van der Waals surface area contributed by atoms with Gasteiger partial charge in [0.15, 0.2) is 0 Å². The van der Waals surface area contributed by atoms with E-state index in [-0.39, 0.29) is 17.3 Å². The average molecular weight is 279 g/mol. The van der Waals surface area contributed by atoms with Crippen molar-refractivity contribution in [2.45, 2.75) is 0 Å². The molecule has 8 nitrogen and oxygen atoms in total. The molecule has 0 saturated heterocycles. The number of benzene rings is 1. The molecule has 0 aliphatic rings. The number of aliphatic carboxylic acids is 1. The highest BCUT2D eigenvalue weighted by Gasteiger charge is 2.20.